The number of carbonyl (C=O) groups excluding carboxylic acids is 2. The van der Waals surface area contributed by atoms with Crippen molar-refractivity contribution in [1.82, 2.24) is 10.6 Å². The van der Waals surface area contributed by atoms with E-state index in [4.69, 9.17) is 26.8 Å². The van der Waals surface area contributed by atoms with Gasteiger partial charge in [-0.25, -0.2) is 9.18 Å². The minimum absolute atomic E-state index is 0.0450. The predicted molar refractivity (Wildman–Crippen MR) is 123 cm³/mol. The Morgan fingerprint density at radius 1 is 1.28 bits per heavy atom. The fraction of sp³-hybridized carbons (Fsp3) is 0.391. The molecule has 0 spiro atoms. The van der Waals surface area contributed by atoms with E-state index in [0.717, 1.165) is 0 Å². The highest BCUT2D eigenvalue weighted by molar-refractivity contribution is 6.31. The molecule has 0 aliphatic rings. The minimum atomic E-state index is -0.650. The van der Waals surface area contributed by atoms with Crippen LogP contribution >= 0.6 is 11.6 Å². The highest BCUT2D eigenvalue weighted by Crippen LogP contribution is 2.36. The molecule has 2 aromatic rings. The molecule has 32 heavy (non-hydrogen) atoms. The van der Waals surface area contributed by atoms with E-state index >= 15 is 0 Å². The Balaban J connectivity index is 2.42. The third kappa shape index (κ3) is 6.34. The number of alkyl carbamates (subject to hydrolysis) is 1. The fourth-order valence-corrected chi connectivity index (χ4v) is 3.60. The average Bonchev–Trinajstić information content (AvgIpc) is 2.71. The molecule has 0 bridgehead atoms. The topological polar surface area (TPSA) is 103 Å². The fourth-order valence-electron chi connectivity index (χ4n) is 3.41. The van der Waals surface area contributed by atoms with Crippen molar-refractivity contribution >= 4 is 29.7 Å². The zero-order chi connectivity index (χ0) is 24.1. The van der Waals surface area contributed by atoms with Crippen LogP contribution in [-0.4, -0.2) is 32.1 Å². The number of aldehydes is 1. The first kappa shape index (κ1) is 25.4. The van der Waals surface area contributed by atoms with Crippen LogP contribution in [0.2, 0.25) is 5.02 Å². The number of benzene rings is 2. The van der Waals surface area contributed by atoms with Crippen LogP contribution in [0.3, 0.4) is 0 Å². The lowest BCUT2D eigenvalue weighted by atomic mass is 9.91. The normalized spacial score (nSPS) is 12.2. The molecule has 0 radical (unpaired) electrons. The van der Waals surface area contributed by atoms with Gasteiger partial charge in [-0.3, -0.25) is 4.79 Å². The molecule has 9 heteroatoms. The van der Waals surface area contributed by atoms with Gasteiger partial charge in [0, 0.05) is 34.4 Å². The van der Waals surface area contributed by atoms with Crippen LogP contribution in [0.1, 0.15) is 53.9 Å². The van der Waals surface area contributed by atoms with Crippen LogP contribution in [0, 0.1) is 5.82 Å². The maximum absolute atomic E-state index is 13.7. The van der Waals surface area contributed by atoms with Gasteiger partial charge in [0.15, 0.2) is 6.29 Å². The zero-order valence-electron chi connectivity index (χ0n) is 18.8. The maximum atomic E-state index is 13.7. The number of hydrogen-bond donors (Lipinski definition) is 3. The smallest absolute Gasteiger partial charge is 0.407 e. The number of ether oxygens (including phenoxy) is 2. The van der Waals surface area contributed by atoms with Crippen LogP contribution in [-0.2, 0) is 17.7 Å². The van der Waals surface area contributed by atoms with Crippen LogP contribution in [0.15, 0.2) is 24.3 Å². The van der Waals surface area contributed by atoms with Gasteiger partial charge in [0.2, 0.25) is 0 Å². The van der Waals surface area contributed by atoms with E-state index in [2.05, 4.69) is 10.6 Å². The minimum Gasteiger partial charge on any atom is -0.496 e. The van der Waals surface area contributed by atoms with Crippen molar-refractivity contribution in [3.8, 4) is 5.75 Å². The number of nitrogens with two attached hydrogens (primary N) is 1. The maximum Gasteiger partial charge on any atom is 0.407 e. The summed E-state index contributed by atoms with van der Waals surface area (Å²) < 4.78 is 24.5. The first-order chi connectivity index (χ1) is 15.0. The first-order valence-corrected chi connectivity index (χ1v) is 10.4. The lowest BCUT2D eigenvalue weighted by Gasteiger charge is -2.24. The van der Waals surface area contributed by atoms with Gasteiger partial charge in [0.25, 0.3) is 0 Å². The summed E-state index contributed by atoms with van der Waals surface area (Å²) in [4.78, 5) is 24.1. The third-order valence-corrected chi connectivity index (χ3v) is 5.11. The van der Waals surface area contributed by atoms with E-state index in [0.29, 0.717) is 33.7 Å². The van der Waals surface area contributed by atoms with Gasteiger partial charge < -0.3 is 25.8 Å². The van der Waals surface area contributed by atoms with Gasteiger partial charge in [-0.2, -0.15) is 0 Å². The number of hydrogen-bond acceptors (Lipinski definition) is 6. The van der Waals surface area contributed by atoms with Crippen molar-refractivity contribution in [2.24, 2.45) is 0 Å². The summed E-state index contributed by atoms with van der Waals surface area (Å²) in [5.74, 6) is -0.130. The molecule has 7 nitrogen and oxygen atoms in total. The van der Waals surface area contributed by atoms with Crippen molar-refractivity contribution in [3.63, 3.8) is 0 Å². The highest BCUT2D eigenvalue weighted by atomic mass is 35.5. The average molecular weight is 466 g/mol. The van der Waals surface area contributed by atoms with Crippen molar-refractivity contribution < 1.29 is 23.5 Å². The summed E-state index contributed by atoms with van der Waals surface area (Å²) in [5, 5.41) is 6.15. The van der Waals surface area contributed by atoms with Crippen molar-refractivity contribution in [2.45, 2.75) is 45.4 Å². The van der Waals surface area contributed by atoms with Crippen LogP contribution in [0.5, 0.6) is 5.75 Å². The molecule has 4 N–H and O–H groups in total. The third-order valence-electron chi connectivity index (χ3n) is 4.74. The second kappa shape index (κ2) is 10.7. The Hall–Kier alpha value is -2.84. The number of likely N-dealkylation sites (N-methyl/N-ethyl adjacent to an activating group) is 1. The number of nitrogens with one attached hydrogen (secondary N) is 2. The van der Waals surface area contributed by atoms with E-state index in [1.165, 1.54) is 25.3 Å². The SMILES string of the molecule is CNC(Cc1cc(F)ccc1Cl)c1c(N)cc(CNC(=O)OC(C)(C)C)c(OC)c1C=O. The Kier molecular flexibility index (Phi) is 8.46. The first-order valence-electron chi connectivity index (χ1n) is 10.0. The van der Waals surface area contributed by atoms with E-state index in [9.17, 15) is 14.0 Å². The summed E-state index contributed by atoms with van der Waals surface area (Å²) in [5.41, 5.74) is 7.81. The van der Waals surface area contributed by atoms with Gasteiger partial charge in [-0.05, 0) is 64.1 Å². The highest BCUT2D eigenvalue weighted by Gasteiger charge is 2.25. The van der Waals surface area contributed by atoms with E-state index < -0.39 is 23.6 Å². The van der Waals surface area contributed by atoms with Gasteiger partial charge in [-0.1, -0.05) is 11.6 Å². The second-order valence-electron chi connectivity index (χ2n) is 8.24. The molecule has 0 aliphatic heterocycles. The molecule has 0 aliphatic carbocycles. The van der Waals surface area contributed by atoms with Crippen molar-refractivity contribution in [3.05, 3.63) is 57.4 Å². The molecule has 1 amide bonds. The molecule has 0 fully saturated rings. The molecule has 0 saturated carbocycles. The molecule has 1 unspecified atom stereocenters. The van der Waals surface area contributed by atoms with E-state index in [1.54, 1.807) is 33.9 Å². The lowest BCUT2D eigenvalue weighted by Crippen LogP contribution is -2.32. The Bertz CT molecular complexity index is 992. The molecule has 2 rings (SSSR count). The lowest BCUT2D eigenvalue weighted by molar-refractivity contribution is 0.0523. The van der Waals surface area contributed by atoms with Crippen molar-refractivity contribution in [1.29, 1.82) is 0 Å². The summed E-state index contributed by atoms with van der Waals surface area (Å²) in [6.45, 7) is 5.32. The summed E-state index contributed by atoms with van der Waals surface area (Å²) in [7, 11) is 3.13. The molecular formula is C23H29ClFN3O4. The van der Waals surface area contributed by atoms with Gasteiger partial charge in [0.05, 0.1) is 12.7 Å². The van der Waals surface area contributed by atoms with E-state index in [1.807, 2.05) is 0 Å². The van der Waals surface area contributed by atoms with E-state index in [-0.39, 0.29) is 24.3 Å². The molecular weight excluding hydrogens is 437 g/mol. The monoisotopic (exact) mass is 465 g/mol. The number of carbonyl (C=O) groups is 2. The van der Waals surface area contributed by atoms with Gasteiger partial charge in [-0.15, -0.1) is 0 Å². The number of amides is 1. The number of methoxy groups -OCH3 is 1. The molecule has 2 aromatic carbocycles. The Morgan fingerprint density at radius 3 is 2.53 bits per heavy atom. The van der Waals surface area contributed by atoms with Crippen LogP contribution in [0.4, 0.5) is 14.9 Å². The summed E-state index contributed by atoms with van der Waals surface area (Å²) >= 11 is 6.23. The van der Waals surface area contributed by atoms with Crippen molar-refractivity contribution in [2.75, 3.05) is 19.9 Å². The molecule has 1 atom stereocenters. The largest absolute Gasteiger partial charge is 0.496 e. The summed E-state index contributed by atoms with van der Waals surface area (Å²) in [6, 6.07) is 5.29. The number of rotatable bonds is 8. The van der Waals surface area contributed by atoms with Gasteiger partial charge in [0.1, 0.15) is 17.2 Å². The predicted octanol–water partition coefficient (Wildman–Crippen LogP) is 4.41. The summed E-state index contributed by atoms with van der Waals surface area (Å²) in [6.07, 6.45) is 0.333. The molecule has 0 aromatic heterocycles. The second-order valence-corrected chi connectivity index (χ2v) is 8.65. The number of anilines is 1. The molecule has 0 heterocycles. The molecule has 174 valence electrons. The van der Waals surface area contributed by atoms with Crippen LogP contribution in [0.25, 0.3) is 0 Å². The Labute approximate surface area is 192 Å². The standard InChI is InChI=1S/C23H29ClFN3O4/c1-23(2,3)32-22(30)28-11-14-9-18(26)20(16(12-29)21(14)31-5)19(27-4)10-13-8-15(25)6-7-17(13)24/h6-9,12,19,27H,10-11,26H2,1-5H3,(H,28,30). The zero-order valence-corrected chi connectivity index (χ0v) is 19.6. The number of halogens is 2. The van der Waals surface area contributed by atoms with Gasteiger partial charge >= 0.3 is 6.09 Å². The quantitative estimate of drug-likeness (QED) is 0.394. The number of nitrogen functional groups attached to an aromatic ring is 1. The Morgan fingerprint density at radius 2 is 1.97 bits per heavy atom. The van der Waals surface area contributed by atoms with Crippen LogP contribution < -0.4 is 21.1 Å². The molecule has 0 saturated heterocycles.